The highest BCUT2D eigenvalue weighted by Gasteiger charge is 2.30. The van der Waals surface area contributed by atoms with Crippen LogP contribution in [-0.4, -0.2) is 42.0 Å². The van der Waals surface area contributed by atoms with Crippen LogP contribution in [0.4, 0.5) is 10.5 Å². The molecule has 2 atom stereocenters. The third-order valence-electron chi connectivity index (χ3n) is 4.60. The molecule has 9 heteroatoms. The summed E-state index contributed by atoms with van der Waals surface area (Å²) in [4.78, 5) is 36.8. The van der Waals surface area contributed by atoms with Crippen molar-refractivity contribution in [3.8, 4) is 0 Å². The standard InChI is InChI=1S/C22H38N6O3/c1-14(2)18(28-22(3,4)5)20(30)27-17(7-6-12-25-21(24)31)19(29)26-16-10-8-15(13-23)9-11-16/h8-11,14,17-18,28H,6-7,12-13,23H2,1-5H3,(H,26,29)(H,27,30)(H3,24,25,31)/t17-,18?/m0/s1. The number of hydrogen-bond acceptors (Lipinski definition) is 5. The maximum atomic E-state index is 13.0. The van der Waals surface area contributed by atoms with E-state index >= 15 is 0 Å². The van der Waals surface area contributed by atoms with Crippen LogP contribution >= 0.6 is 0 Å². The van der Waals surface area contributed by atoms with E-state index in [9.17, 15) is 14.4 Å². The van der Waals surface area contributed by atoms with Crippen LogP contribution in [0.3, 0.4) is 0 Å². The van der Waals surface area contributed by atoms with Crippen LogP contribution < -0.4 is 32.7 Å². The largest absolute Gasteiger partial charge is 0.352 e. The van der Waals surface area contributed by atoms with E-state index in [-0.39, 0.29) is 23.3 Å². The number of carbonyl (C=O) groups excluding carboxylic acids is 3. The minimum absolute atomic E-state index is 0.0308. The molecule has 0 fully saturated rings. The molecule has 0 heterocycles. The lowest BCUT2D eigenvalue weighted by molar-refractivity contribution is -0.129. The molecule has 1 aromatic carbocycles. The van der Waals surface area contributed by atoms with E-state index in [0.29, 0.717) is 31.6 Å². The number of rotatable bonds is 11. The van der Waals surface area contributed by atoms with Gasteiger partial charge in [0.25, 0.3) is 0 Å². The number of carbonyl (C=O) groups is 3. The minimum atomic E-state index is -0.764. The van der Waals surface area contributed by atoms with Crippen LogP contribution in [0.5, 0.6) is 0 Å². The van der Waals surface area contributed by atoms with Gasteiger partial charge in [-0.2, -0.15) is 0 Å². The van der Waals surface area contributed by atoms with Crippen molar-refractivity contribution in [1.29, 1.82) is 0 Å². The number of anilines is 1. The molecule has 174 valence electrons. The number of primary amides is 1. The second-order valence-electron chi connectivity index (χ2n) is 9.00. The van der Waals surface area contributed by atoms with E-state index in [1.54, 1.807) is 12.1 Å². The molecule has 4 amide bonds. The van der Waals surface area contributed by atoms with Crippen LogP contribution in [-0.2, 0) is 16.1 Å². The van der Waals surface area contributed by atoms with Crippen LogP contribution in [0.2, 0.25) is 0 Å². The lowest BCUT2D eigenvalue weighted by Crippen LogP contribution is -2.57. The van der Waals surface area contributed by atoms with Crippen molar-refractivity contribution in [3.63, 3.8) is 0 Å². The van der Waals surface area contributed by atoms with Gasteiger partial charge < -0.3 is 32.7 Å². The SMILES string of the molecule is CC(C)C(NC(C)(C)C)C(=O)N[C@@H](CCCNC(N)=O)C(=O)Nc1ccc(CN)cc1. The van der Waals surface area contributed by atoms with Crippen LogP contribution in [0.15, 0.2) is 24.3 Å². The summed E-state index contributed by atoms with van der Waals surface area (Å²) in [7, 11) is 0. The molecule has 0 aliphatic heterocycles. The Kier molecular flexibility index (Phi) is 10.4. The van der Waals surface area contributed by atoms with Crippen molar-refractivity contribution in [2.24, 2.45) is 17.4 Å². The Labute approximate surface area is 185 Å². The fourth-order valence-electron chi connectivity index (χ4n) is 3.00. The van der Waals surface area contributed by atoms with Crippen molar-refractivity contribution >= 4 is 23.5 Å². The zero-order valence-corrected chi connectivity index (χ0v) is 19.2. The lowest BCUT2D eigenvalue weighted by atomic mass is 9.98. The van der Waals surface area contributed by atoms with Gasteiger partial charge in [-0.3, -0.25) is 9.59 Å². The molecule has 0 aliphatic carbocycles. The Morgan fingerprint density at radius 1 is 1.03 bits per heavy atom. The van der Waals surface area contributed by atoms with Gasteiger partial charge in [0.05, 0.1) is 6.04 Å². The van der Waals surface area contributed by atoms with E-state index < -0.39 is 18.1 Å². The lowest BCUT2D eigenvalue weighted by Gasteiger charge is -2.31. The Bertz CT molecular complexity index is 728. The molecule has 1 aromatic rings. The van der Waals surface area contributed by atoms with E-state index in [0.717, 1.165) is 5.56 Å². The summed E-state index contributed by atoms with van der Waals surface area (Å²) in [5.74, 6) is -0.541. The van der Waals surface area contributed by atoms with Gasteiger partial charge in [-0.1, -0.05) is 26.0 Å². The number of amides is 4. The molecule has 0 spiro atoms. The van der Waals surface area contributed by atoms with E-state index in [1.807, 2.05) is 46.8 Å². The maximum absolute atomic E-state index is 13.0. The molecule has 0 radical (unpaired) electrons. The highest BCUT2D eigenvalue weighted by molar-refractivity contribution is 5.97. The fourth-order valence-corrected chi connectivity index (χ4v) is 3.00. The molecular formula is C22H38N6O3. The molecule has 0 saturated heterocycles. The first-order valence-corrected chi connectivity index (χ1v) is 10.6. The van der Waals surface area contributed by atoms with Gasteiger partial charge in [0, 0.05) is 24.3 Å². The molecular weight excluding hydrogens is 396 g/mol. The summed E-state index contributed by atoms with van der Waals surface area (Å²) >= 11 is 0. The summed E-state index contributed by atoms with van der Waals surface area (Å²) in [5.41, 5.74) is 12.0. The topological polar surface area (TPSA) is 151 Å². The predicted molar refractivity (Wildman–Crippen MR) is 123 cm³/mol. The normalized spacial score (nSPS) is 13.4. The zero-order valence-electron chi connectivity index (χ0n) is 19.2. The molecule has 1 rings (SSSR count). The molecule has 1 unspecified atom stereocenters. The third-order valence-corrected chi connectivity index (χ3v) is 4.60. The Hall–Kier alpha value is -2.65. The van der Waals surface area contributed by atoms with Gasteiger partial charge >= 0.3 is 6.03 Å². The molecule has 8 N–H and O–H groups in total. The smallest absolute Gasteiger partial charge is 0.312 e. The summed E-state index contributed by atoms with van der Waals surface area (Å²) < 4.78 is 0. The van der Waals surface area contributed by atoms with Gasteiger partial charge in [0.1, 0.15) is 6.04 Å². The molecule has 0 bridgehead atoms. The predicted octanol–water partition coefficient (Wildman–Crippen LogP) is 1.43. The van der Waals surface area contributed by atoms with Crippen molar-refractivity contribution in [2.75, 3.05) is 11.9 Å². The van der Waals surface area contributed by atoms with Crippen LogP contribution in [0.1, 0.15) is 53.0 Å². The Morgan fingerprint density at radius 3 is 2.13 bits per heavy atom. The average Bonchev–Trinajstić information content (AvgIpc) is 2.67. The summed E-state index contributed by atoms with van der Waals surface area (Å²) in [6, 6.07) is 5.36. The van der Waals surface area contributed by atoms with Gasteiger partial charge in [-0.15, -0.1) is 0 Å². The third kappa shape index (κ3) is 10.3. The summed E-state index contributed by atoms with van der Waals surface area (Å²) in [6.45, 7) is 10.6. The monoisotopic (exact) mass is 434 g/mol. The van der Waals surface area contributed by atoms with Crippen LogP contribution in [0.25, 0.3) is 0 Å². The number of benzene rings is 1. The Morgan fingerprint density at radius 2 is 1.65 bits per heavy atom. The second-order valence-corrected chi connectivity index (χ2v) is 9.00. The second kappa shape index (κ2) is 12.3. The molecule has 0 saturated carbocycles. The van der Waals surface area contributed by atoms with E-state index in [1.165, 1.54) is 0 Å². The zero-order chi connectivity index (χ0) is 23.6. The number of nitrogens with two attached hydrogens (primary N) is 2. The number of urea groups is 1. The van der Waals surface area contributed by atoms with Gasteiger partial charge in [0.2, 0.25) is 11.8 Å². The first kappa shape index (κ1) is 26.4. The Balaban J connectivity index is 2.90. The highest BCUT2D eigenvalue weighted by atomic mass is 16.2. The van der Waals surface area contributed by atoms with Crippen molar-refractivity contribution < 1.29 is 14.4 Å². The van der Waals surface area contributed by atoms with Crippen LogP contribution in [0, 0.1) is 5.92 Å². The molecule has 31 heavy (non-hydrogen) atoms. The summed E-state index contributed by atoms with van der Waals surface area (Å²) in [6.07, 6.45) is 0.825. The van der Waals surface area contributed by atoms with Gasteiger partial charge in [0.15, 0.2) is 0 Å². The first-order valence-electron chi connectivity index (χ1n) is 10.6. The van der Waals surface area contributed by atoms with Gasteiger partial charge in [-0.25, -0.2) is 4.79 Å². The molecule has 0 aromatic heterocycles. The minimum Gasteiger partial charge on any atom is -0.352 e. The molecule has 0 aliphatic rings. The highest BCUT2D eigenvalue weighted by Crippen LogP contribution is 2.13. The first-order chi connectivity index (χ1) is 14.4. The number of nitrogens with one attached hydrogen (secondary N) is 4. The molecule has 9 nitrogen and oxygen atoms in total. The van der Waals surface area contributed by atoms with E-state index in [2.05, 4.69) is 21.3 Å². The summed E-state index contributed by atoms with van der Waals surface area (Å²) in [5, 5.41) is 11.5. The fraction of sp³-hybridized carbons (Fsp3) is 0.591. The maximum Gasteiger partial charge on any atom is 0.312 e. The average molecular weight is 435 g/mol. The van der Waals surface area contributed by atoms with Crippen molar-refractivity contribution in [1.82, 2.24) is 16.0 Å². The van der Waals surface area contributed by atoms with Crippen molar-refractivity contribution in [2.45, 2.75) is 71.6 Å². The van der Waals surface area contributed by atoms with Crippen molar-refractivity contribution in [3.05, 3.63) is 29.8 Å². The van der Waals surface area contributed by atoms with Gasteiger partial charge in [-0.05, 0) is 57.2 Å². The quantitative estimate of drug-likeness (QED) is 0.291. The van der Waals surface area contributed by atoms with E-state index in [4.69, 9.17) is 11.5 Å². The number of hydrogen-bond donors (Lipinski definition) is 6.